The molecule has 0 saturated carbocycles. The van der Waals surface area contributed by atoms with Crippen LogP contribution in [0.5, 0.6) is 0 Å². The highest BCUT2D eigenvalue weighted by atomic mass is 35.5. The monoisotopic (exact) mass is 262 g/mol. The molecule has 1 fully saturated rings. The fourth-order valence-electron chi connectivity index (χ4n) is 1.71. The predicted molar refractivity (Wildman–Crippen MR) is 62.3 cm³/mol. The fourth-order valence-corrected chi connectivity index (χ4v) is 1.71. The highest BCUT2D eigenvalue weighted by molar-refractivity contribution is 5.94. The Labute approximate surface area is 104 Å². The molecular formula is C11H13ClF2N2O. The van der Waals surface area contributed by atoms with Crippen molar-refractivity contribution >= 4 is 18.3 Å². The number of halogens is 3. The molecule has 3 nitrogen and oxygen atoms in total. The molecule has 0 aromatic heterocycles. The summed E-state index contributed by atoms with van der Waals surface area (Å²) in [5.41, 5.74) is -0.244. The molecule has 1 aliphatic heterocycles. The molecule has 2 N–H and O–H groups in total. The Kier molecular flexibility index (Phi) is 4.84. The molecule has 1 atom stereocenters. The summed E-state index contributed by atoms with van der Waals surface area (Å²) in [5, 5.41) is 5.73. The molecule has 1 aliphatic rings. The third kappa shape index (κ3) is 3.38. The van der Waals surface area contributed by atoms with E-state index in [2.05, 4.69) is 10.6 Å². The second-order valence-electron chi connectivity index (χ2n) is 3.79. The van der Waals surface area contributed by atoms with Gasteiger partial charge in [-0.1, -0.05) is 0 Å². The van der Waals surface area contributed by atoms with Crippen molar-refractivity contribution in [3.05, 3.63) is 35.4 Å². The van der Waals surface area contributed by atoms with Crippen LogP contribution in [0.1, 0.15) is 16.8 Å². The van der Waals surface area contributed by atoms with Gasteiger partial charge < -0.3 is 10.6 Å². The largest absolute Gasteiger partial charge is 0.348 e. The van der Waals surface area contributed by atoms with Crippen molar-refractivity contribution in [2.45, 2.75) is 12.5 Å². The maximum absolute atomic E-state index is 13.3. The van der Waals surface area contributed by atoms with E-state index in [1.54, 1.807) is 0 Å². The van der Waals surface area contributed by atoms with E-state index < -0.39 is 17.5 Å². The first-order valence-electron chi connectivity index (χ1n) is 5.13. The lowest BCUT2D eigenvalue weighted by molar-refractivity contribution is 0.0935. The van der Waals surface area contributed by atoms with E-state index in [1.165, 1.54) is 0 Å². The summed E-state index contributed by atoms with van der Waals surface area (Å²) in [4.78, 5) is 11.6. The van der Waals surface area contributed by atoms with Gasteiger partial charge in [0.05, 0.1) is 5.56 Å². The van der Waals surface area contributed by atoms with Crippen molar-refractivity contribution in [3.63, 3.8) is 0 Å². The van der Waals surface area contributed by atoms with Gasteiger partial charge in [-0.15, -0.1) is 12.4 Å². The van der Waals surface area contributed by atoms with Crippen LogP contribution in [0.4, 0.5) is 8.78 Å². The first-order valence-corrected chi connectivity index (χ1v) is 5.13. The lowest BCUT2D eigenvalue weighted by Gasteiger charge is -2.11. The molecular weight excluding hydrogens is 250 g/mol. The average Bonchev–Trinajstić information content (AvgIpc) is 2.74. The lowest BCUT2D eigenvalue weighted by atomic mass is 10.1. The van der Waals surface area contributed by atoms with Crippen molar-refractivity contribution in [1.82, 2.24) is 10.6 Å². The maximum Gasteiger partial charge on any atom is 0.254 e. The van der Waals surface area contributed by atoms with Crippen molar-refractivity contribution in [1.29, 1.82) is 0 Å². The molecule has 17 heavy (non-hydrogen) atoms. The number of hydrogen-bond acceptors (Lipinski definition) is 2. The molecule has 6 heteroatoms. The van der Waals surface area contributed by atoms with Gasteiger partial charge in [-0.3, -0.25) is 4.79 Å². The second kappa shape index (κ2) is 5.93. The van der Waals surface area contributed by atoms with E-state index in [1.807, 2.05) is 0 Å². The maximum atomic E-state index is 13.3. The smallest absolute Gasteiger partial charge is 0.254 e. The summed E-state index contributed by atoms with van der Waals surface area (Å²) in [6, 6.07) is 2.85. The fraction of sp³-hybridized carbons (Fsp3) is 0.364. The molecule has 1 heterocycles. The number of hydrogen-bond donors (Lipinski definition) is 2. The first kappa shape index (κ1) is 13.9. The predicted octanol–water partition coefficient (Wildman–Crippen LogP) is 1.48. The van der Waals surface area contributed by atoms with Gasteiger partial charge in [-0.25, -0.2) is 8.78 Å². The van der Waals surface area contributed by atoms with Gasteiger partial charge in [-0.2, -0.15) is 0 Å². The van der Waals surface area contributed by atoms with Crippen LogP contribution in [0, 0.1) is 11.6 Å². The molecule has 0 radical (unpaired) electrons. The summed E-state index contributed by atoms with van der Waals surface area (Å²) < 4.78 is 26.1. The van der Waals surface area contributed by atoms with Crippen LogP contribution < -0.4 is 10.6 Å². The molecule has 0 bridgehead atoms. The Balaban J connectivity index is 0.00000144. The van der Waals surface area contributed by atoms with Gasteiger partial charge in [0.1, 0.15) is 11.6 Å². The molecule has 1 saturated heterocycles. The van der Waals surface area contributed by atoms with E-state index in [9.17, 15) is 13.6 Å². The van der Waals surface area contributed by atoms with Gasteiger partial charge in [0.15, 0.2) is 0 Å². The molecule has 0 spiro atoms. The minimum absolute atomic E-state index is 0. The number of carbonyl (C=O) groups is 1. The minimum atomic E-state index is -0.704. The Morgan fingerprint density at radius 3 is 2.82 bits per heavy atom. The summed E-state index contributed by atoms with van der Waals surface area (Å²) in [6.45, 7) is 1.50. The first-order chi connectivity index (χ1) is 7.66. The van der Waals surface area contributed by atoms with E-state index in [0.717, 1.165) is 31.2 Å². The van der Waals surface area contributed by atoms with E-state index in [-0.39, 0.29) is 24.0 Å². The Morgan fingerprint density at radius 1 is 1.41 bits per heavy atom. The van der Waals surface area contributed by atoms with Gasteiger partial charge in [0.25, 0.3) is 5.91 Å². The highest BCUT2D eigenvalue weighted by Crippen LogP contribution is 2.10. The van der Waals surface area contributed by atoms with Crippen LogP contribution in [0.25, 0.3) is 0 Å². The Morgan fingerprint density at radius 2 is 2.18 bits per heavy atom. The van der Waals surface area contributed by atoms with Crippen molar-refractivity contribution in [3.8, 4) is 0 Å². The van der Waals surface area contributed by atoms with E-state index in [0.29, 0.717) is 6.54 Å². The lowest BCUT2D eigenvalue weighted by Crippen LogP contribution is -2.36. The molecule has 0 aliphatic carbocycles. The van der Waals surface area contributed by atoms with Gasteiger partial charge in [-0.05, 0) is 31.2 Å². The van der Waals surface area contributed by atoms with Gasteiger partial charge in [0, 0.05) is 12.6 Å². The number of rotatable bonds is 2. The normalized spacial score (nSPS) is 18.6. The number of carbonyl (C=O) groups excluding carboxylic acids is 1. The quantitative estimate of drug-likeness (QED) is 0.848. The van der Waals surface area contributed by atoms with Crippen molar-refractivity contribution in [2.75, 3.05) is 13.1 Å². The third-order valence-corrected chi connectivity index (χ3v) is 2.57. The molecule has 1 aromatic carbocycles. The number of amides is 1. The van der Waals surface area contributed by atoms with Crippen molar-refractivity contribution in [2.24, 2.45) is 0 Å². The van der Waals surface area contributed by atoms with Gasteiger partial charge >= 0.3 is 0 Å². The van der Waals surface area contributed by atoms with Crippen LogP contribution in [0.15, 0.2) is 18.2 Å². The zero-order valence-corrected chi connectivity index (χ0v) is 9.82. The third-order valence-electron chi connectivity index (χ3n) is 2.57. The molecule has 94 valence electrons. The SMILES string of the molecule is Cl.O=C(NC1CCNC1)c1cc(F)ccc1F. The van der Waals surface area contributed by atoms with Crippen LogP contribution in [0.2, 0.25) is 0 Å². The van der Waals surface area contributed by atoms with Crippen LogP contribution in [0.3, 0.4) is 0 Å². The molecule has 2 rings (SSSR count). The number of nitrogens with one attached hydrogen (secondary N) is 2. The minimum Gasteiger partial charge on any atom is -0.348 e. The average molecular weight is 263 g/mol. The van der Waals surface area contributed by atoms with E-state index >= 15 is 0 Å². The highest BCUT2D eigenvalue weighted by Gasteiger charge is 2.19. The topological polar surface area (TPSA) is 41.1 Å². The van der Waals surface area contributed by atoms with Crippen LogP contribution in [-0.4, -0.2) is 25.0 Å². The Hall–Kier alpha value is -1.20. The standard InChI is InChI=1S/C11H12F2N2O.ClH/c12-7-1-2-10(13)9(5-7)11(16)15-8-3-4-14-6-8;/h1-2,5,8,14H,3-4,6H2,(H,15,16);1H. The van der Waals surface area contributed by atoms with Crippen molar-refractivity contribution < 1.29 is 13.6 Å². The second-order valence-corrected chi connectivity index (χ2v) is 3.79. The van der Waals surface area contributed by atoms with Crippen LogP contribution in [-0.2, 0) is 0 Å². The molecule has 1 aromatic rings. The summed E-state index contributed by atoms with van der Waals surface area (Å²) in [5.74, 6) is -1.88. The Bertz CT molecular complexity index is 408. The number of benzene rings is 1. The van der Waals surface area contributed by atoms with E-state index in [4.69, 9.17) is 0 Å². The molecule has 1 amide bonds. The summed E-state index contributed by atoms with van der Waals surface area (Å²) >= 11 is 0. The zero-order valence-electron chi connectivity index (χ0n) is 9.00. The summed E-state index contributed by atoms with van der Waals surface area (Å²) in [7, 11) is 0. The molecule has 1 unspecified atom stereocenters. The van der Waals surface area contributed by atoms with Gasteiger partial charge in [0.2, 0.25) is 0 Å². The summed E-state index contributed by atoms with van der Waals surface area (Å²) in [6.07, 6.45) is 0.808. The zero-order chi connectivity index (χ0) is 11.5. The van der Waals surface area contributed by atoms with Crippen LogP contribution >= 0.6 is 12.4 Å².